The number of carbonyl (C=O) groups is 4. The van der Waals surface area contributed by atoms with E-state index in [0.717, 1.165) is 29.3 Å². The average Bonchev–Trinajstić information content (AvgIpc) is 3.00. The van der Waals surface area contributed by atoms with Crippen molar-refractivity contribution in [1.82, 2.24) is 26.1 Å². The van der Waals surface area contributed by atoms with Crippen LogP contribution in [0.25, 0.3) is 17.0 Å². The number of ether oxygens (including phenoxy) is 1. The van der Waals surface area contributed by atoms with Crippen LogP contribution in [-0.4, -0.2) is 58.4 Å². The highest BCUT2D eigenvalue weighted by atomic mass is 16.5. The summed E-state index contributed by atoms with van der Waals surface area (Å²) in [7, 11) is 0. The molecule has 3 amide bonds. The summed E-state index contributed by atoms with van der Waals surface area (Å²) >= 11 is 0. The number of cyclic esters (lactones) is 1. The van der Waals surface area contributed by atoms with Crippen molar-refractivity contribution >= 4 is 40.7 Å². The molecule has 1 spiro atoms. The second-order valence-corrected chi connectivity index (χ2v) is 14.2. The van der Waals surface area contributed by atoms with E-state index < -0.39 is 41.5 Å². The summed E-state index contributed by atoms with van der Waals surface area (Å²) in [6.07, 6.45) is 7.69. The van der Waals surface area contributed by atoms with Gasteiger partial charge in [-0.05, 0) is 75.0 Å². The Bertz CT molecular complexity index is 1500. The third-order valence-electron chi connectivity index (χ3n) is 9.47. The van der Waals surface area contributed by atoms with E-state index >= 15 is 0 Å². The first-order chi connectivity index (χ1) is 21.3. The fourth-order valence-corrected chi connectivity index (χ4v) is 6.91. The van der Waals surface area contributed by atoms with Gasteiger partial charge >= 0.3 is 5.97 Å². The lowest BCUT2D eigenvalue weighted by Crippen LogP contribution is -2.61. The molecule has 45 heavy (non-hydrogen) atoms. The molecule has 2 aromatic rings. The number of benzene rings is 1. The number of amides is 3. The van der Waals surface area contributed by atoms with E-state index in [9.17, 15) is 19.2 Å². The molecule has 2 fully saturated rings. The van der Waals surface area contributed by atoms with Crippen LogP contribution in [0.1, 0.15) is 97.4 Å². The Hall–Kier alpha value is -3.79. The lowest BCUT2D eigenvalue weighted by Gasteiger charge is -2.43. The molecule has 3 heterocycles. The molecule has 1 saturated carbocycles. The Morgan fingerprint density at radius 2 is 1.76 bits per heavy atom. The van der Waals surface area contributed by atoms with Gasteiger partial charge in [-0.25, -0.2) is 10.4 Å². The number of hydrogen-bond donors (Lipinski definition) is 3. The van der Waals surface area contributed by atoms with Crippen molar-refractivity contribution in [2.24, 2.45) is 16.7 Å². The maximum absolute atomic E-state index is 14.2. The summed E-state index contributed by atoms with van der Waals surface area (Å²) in [5.41, 5.74) is 4.41. The molecule has 3 aliphatic rings. The highest BCUT2D eigenvalue weighted by Crippen LogP contribution is 2.47. The van der Waals surface area contributed by atoms with Gasteiger partial charge in [0.1, 0.15) is 24.2 Å². The van der Waals surface area contributed by atoms with Crippen molar-refractivity contribution in [2.45, 2.75) is 104 Å². The molecule has 10 nitrogen and oxygen atoms in total. The lowest BCUT2D eigenvalue weighted by molar-refractivity contribution is -0.157. The Morgan fingerprint density at radius 1 is 1.00 bits per heavy atom. The smallest absolute Gasteiger partial charge is 0.325 e. The van der Waals surface area contributed by atoms with Crippen molar-refractivity contribution in [3.05, 3.63) is 47.7 Å². The van der Waals surface area contributed by atoms with E-state index in [1.807, 2.05) is 56.3 Å². The largest absolute Gasteiger partial charge is 0.455 e. The average molecular weight is 618 g/mol. The van der Waals surface area contributed by atoms with Gasteiger partial charge in [-0.3, -0.25) is 24.2 Å². The first-order valence-corrected chi connectivity index (χ1v) is 16.3. The summed E-state index contributed by atoms with van der Waals surface area (Å²) < 4.78 is 5.81. The fourth-order valence-electron chi connectivity index (χ4n) is 6.91. The van der Waals surface area contributed by atoms with Crippen LogP contribution in [0.4, 0.5) is 0 Å². The molecule has 5 bridgehead atoms. The minimum Gasteiger partial charge on any atom is -0.455 e. The highest BCUT2D eigenvalue weighted by Gasteiger charge is 2.45. The summed E-state index contributed by atoms with van der Waals surface area (Å²) in [6, 6.07) is 7.36. The number of carbonyl (C=O) groups excluding carboxylic acids is 4. The third-order valence-corrected chi connectivity index (χ3v) is 9.47. The predicted molar refractivity (Wildman–Crippen MR) is 172 cm³/mol. The van der Waals surface area contributed by atoms with Crippen LogP contribution >= 0.6 is 0 Å². The van der Waals surface area contributed by atoms with Crippen LogP contribution in [-0.2, 0) is 23.9 Å². The van der Waals surface area contributed by atoms with Gasteiger partial charge in [0.2, 0.25) is 11.8 Å². The molecule has 242 valence electrons. The summed E-state index contributed by atoms with van der Waals surface area (Å²) in [5.74, 6) is -1.66. The predicted octanol–water partition coefficient (Wildman–Crippen LogP) is 4.59. The number of esters is 1. The zero-order chi connectivity index (χ0) is 32.5. The number of hydrazine groups is 1. The maximum atomic E-state index is 14.2. The standard InChI is InChI=1S/C35H47N5O5/c1-21(2)29-30(41)36-22(3)31(42)40-18-7-9-27(39-40)32(43)45-23(4)26-13-12-25-11-10-24(19-28(25)37-26)14-17-35(33(44)38-29)16-8-15-34(5,6)20-35/h10-14,17,19,21-23,27,29,39H,7-9,15-16,18,20H2,1-6H3,(H,36,41)(H,38,44)/b17-14+/t22-,23+,27-,29-,35+/m0/s1. The zero-order valence-corrected chi connectivity index (χ0v) is 27.3. The van der Waals surface area contributed by atoms with Gasteiger partial charge in [0, 0.05) is 11.9 Å². The number of fused-ring (bicyclic) bond motifs is 4. The van der Waals surface area contributed by atoms with Crippen LogP contribution in [0, 0.1) is 16.7 Å². The number of nitrogens with zero attached hydrogens (tertiary/aromatic N) is 2. The molecule has 0 unspecified atom stereocenters. The van der Waals surface area contributed by atoms with Gasteiger partial charge in [-0.2, -0.15) is 0 Å². The monoisotopic (exact) mass is 617 g/mol. The molecule has 3 N–H and O–H groups in total. The Morgan fingerprint density at radius 3 is 2.49 bits per heavy atom. The van der Waals surface area contributed by atoms with Gasteiger partial charge < -0.3 is 15.4 Å². The molecular formula is C35H47N5O5. The van der Waals surface area contributed by atoms with Crippen molar-refractivity contribution in [1.29, 1.82) is 0 Å². The molecule has 5 atom stereocenters. The molecule has 10 heteroatoms. The van der Waals surface area contributed by atoms with Gasteiger partial charge in [0.15, 0.2) is 0 Å². The maximum Gasteiger partial charge on any atom is 0.325 e. The molecular weight excluding hydrogens is 570 g/mol. The number of hydrogen-bond acceptors (Lipinski definition) is 7. The Kier molecular flexibility index (Phi) is 9.35. The van der Waals surface area contributed by atoms with Gasteiger partial charge in [0.05, 0.1) is 16.6 Å². The number of nitrogens with one attached hydrogen (secondary N) is 3. The van der Waals surface area contributed by atoms with E-state index in [1.54, 1.807) is 13.8 Å². The SMILES string of the molecule is CC(C)[C@@H]1NC(=O)[C@@]2(/C=C/c3ccc4ccc(nc4c3)[C@@H](C)OC(=O)[C@@H]3CCCN(N3)C(=O)[C@H](C)NC1=O)CCCC(C)(C)C2. The minimum absolute atomic E-state index is 0.0601. The van der Waals surface area contributed by atoms with Gasteiger partial charge in [0.25, 0.3) is 5.91 Å². The van der Waals surface area contributed by atoms with Crippen molar-refractivity contribution in [3.63, 3.8) is 0 Å². The molecule has 5 rings (SSSR count). The van der Waals surface area contributed by atoms with E-state index in [2.05, 4.69) is 29.9 Å². The van der Waals surface area contributed by atoms with Gasteiger partial charge in [-0.15, -0.1) is 0 Å². The molecule has 2 aliphatic heterocycles. The van der Waals surface area contributed by atoms with Crippen LogP contribution in [0.5, 0.6) is 0 Å². The zero-order valence-electron chi connectivity index (χ0n) is 27.3. The van der Waals surface area contributed by atoms with Crippen molar-refractivity contribution in [2.75, 3.05) is 6.54 Å². The van der Waals surface area contributed by atoms with Crippen molar-refractivity contribution < 1.29 is 23.9 Å². The Labute approximate surface area is 265 Å². The number of pyridine rings is 1. The molecule has 0 radical (unpaired) electrons. The number of aromatic nitrogens is 1. The summed E-state index contributed by atoms with van der Waals surface area (Å²) in [6.45, 7) is 11.9. The third kappa shape index (κ3) is 7.21. The second-order valence-electron chi connectivity index (χ2n) is 14.2. The van der Waals surface area contributed by atoms with Crippen LogP contribution in [0.2, 0.25) is 0 Å². The second kappa shape index (κ2) is 12.9. The van der Waals surface area contributed by atoms with E-state index in [0.29, 0.717) is 37.9 Å². The van der Waals surface area contributed by atoms with E-state index in [1.165, 1.54) is 5.01 Å². The first kappa shape index (κ1) is 32.6. The molecule has 1 aliphatic carbocycles. The topological polar surface area (TPSA) is 130 Å². The van der Waals surface area contributed by atoms with E-state index in [-0.39, 0.29) is 23.1 Å². The van der Waals surface area contributed by atoms with Crippen LogP contribution in [0.3, 0.4) is 0 Å². The first-order valence-electron chi connectivity index (χ1n) is 16.3. The highest BCUT2D eigenvalue weighted by molar-refractivity contribution is 5.94. The van der Waals surface area contributed by atoms with Gasteiger partial charge in [-0.1, -0.05) is 64.5 Å². The van der Waals surface area contributed by atoms with Crippen molar-refractivity contribution in [3.8, 4) is 0 Å². The molecule has 1 aromatic carbocycles. The molecule has 1 saturated heterocycles. The molecule has 1 aromatic heterocycles. The number of rotatable bonds is 1. The summed E-state index contributed by atoms with van der Waals surface area (Å²) in [5, 5.41) is 8.23. The lowest BCUT2D eigenvalue weighted by atomic mass is 9.62. The Balaban J connectivity index is 1.55. The quantitative estimate of drug-likeness (QED) is 0.399. The minimum atomic E-state index is -0.879. The van der Waals surface area contributed by atoms with Crippen LogP contribution in [0.15, 0.2) is 36.4 Å². The van der Waals surface area contributed by atoms with E-state index in [4.69, 9.17) is 9.72 Å². The normalized spacial score (nSPS) is 30.6. The fraction of sp³-hybridized carbons (Fsp3) is 0.571. The van der Waals surface area contributed by atoms with Crippen LogP contribution < -0.4 is 16.1 Å². The summed E-state index contributed by atoms with van der Waals surface area (Å²) in [4.78, 5) is 59.2.